The molecule has 9 heteroatoms. The molecule has 2 N–H and O–H groups in total. The largest absolute Gasteiger partial charge is 0.480 e. The number of hydrogen-bond donors (Lipinski definition) is 2. The topological polar surface area (TPSA) is 99.2 Å². The van der Waals surface area contributed by atoms with Crippen LogP contribution >= 0.6 is 0 Å². The summed E-state index contributed by atoms with van der Waals surface area (Å²) in [6.07, 6.45) is 0. The number of halogens is 1. The maximum Gasteiger partial charge on any atom is 0.323 e. The van der Waals surface area contributed by atoms with Crippen molar-refractivity contribution in [3.63, 3.8) is 0 Å². The van der Waals surface area contributed by atoms with Gasteiger partial charge in [-0.25, -0.2) is 9.18 Å². The van der Waals surface area contributed by atoms with E-state index in [4.69, 9.17) is 9.84 Å². The first kappa shape index (κ1) is 17.7. The lowest BCUT2D eigenvalue weighted by Gasteiger charge is -2.22. The summed E-state index contributed by atoms with van der Waals surface area (Å²) in [6, 6.07) is 3.41. The SMILES string of the molecule is COCCN(CC(=O)O)C(=O)c1cc(N2CCNC2=O)ccc1F. The van der Waals surface area contributed by atoms with Gasteiger partial charge in [-0.05, 0) is 18.2 Å². The molecule has 1 fully saturated rings. The van der Waals surface area contributed by atoms with E-state index in [9.17, 15) is 18.8 Å². The highest BCUT2D eigenvalue weighted by Crippen LogP contribution is 2.21. The number of carboxylic acids is 1. The molecular formula is C15H18FN3O5. The summed E-state index contributed by atoms with van der Waals surface area (Å²) in [5.41, 5.74) is 0.0846. The number of amides is 3. The fourth-order valence-corrected chi connectivity index (χ4v) is 2.35. The second-order valence-electron chi connectivity index (χ2n) is 5.16. The van der Waals surface area contributed by atoms with Crippen LogP contribution in [0.4, 0.5) is 14.9 Å². The molecule has 0 bridgehead atoms. The molecule has 24 heavy (non-hydrogen) atoms. The van der Waals surface area contributed by atoms with Crippen LogP contribution in [0.25, 0.3) is 0 Å². The molecule has 3 amide bonds. The lowest BCUT2D eigenvalue weighted by molar-refractivity contribution is -0.137. The Bertz CT molecular complexity index is 652. The number of carbonyl (C=O) groups excluding carboxylic acids is 2. The molecule has 0 saturated carbocycles. The first-order chi connectivity index (χ1) is 11.4. The quantitative estimate of drug-likeness (QED) is 0.755. The van der Waals surface area contributed by atoms with Crippen LogP contribution in [0.5, 0.6) is 0 Å². The van der Waals surface area contributed by atoms with Crippen molar-refractivity contribution in [3.05, 3.63) is 29.6 Å². The number of methoxy groups -OCH3 is 1. The average Bonchev–Trinajstić information content (AvgIpc) is 2.97. The van der Waals surface area contributed by atoms with Gasteiger partial charge in [0.05, 0.1) is 12.2 Å². The molecule has 130 valence electrons. The summed E-state index contributed by atoms with van der Waals surface area (Å²) in [4.78, 5) is 37.5. The number of nitrogens with one attached hydrogen (secondary N) is 1. The monoisotopic (exact) mass is 339 g/mol. The average molecular weight is 339 g/mol. The van der Waals surface area contributed by atoms with E-state index < -0.39 is 24.2 Å². The molecule has 2 rings (SSSR count). The van der Waals surface area contributed by atoms with Crippen LogP contribution in [0.15, 0.2) is 18.2 Å². The van der Waals surface area contributed by atoms with E-state index in [1.807, 2.05) is 0 Å². The minimum absolute atomic E-state index is 0.00943. The maximum absolute atomic E-state index is 14.1. The van der Waals surface area contributed by atoms with Gasteiger partial charge in [0.1, 0.15) is 12.4 Å². The van der Waals surface area contributed by atoms with Crippen molar-refractivity contribution in [2.24, 2.45) is 0 Å². The van der Waals surface area contributed by atoms with Crippen molar-refractivity contribution >= 4 is 23.6 Å². The summed E-state index contributed by atoms with van der Waals surface area (Å²) < 4.78 is 18.9. The van der Waals surface area contributed by atoms with E-state index in [0.29, 0.717) is 18.8 Å². The highest BCUT2D eigenvalue weighted by molar-refractivity contribution is 5.99. The van der Waals surface area contributed by atoms with Crippen LogP contribution in [-0.2, 0) is 9.53 Å². The summed E-state index contributed by atoms with van der Waals surface area (Å²) in [7, 11) is 1.41. The van der Waals surface area contributed by atoms with Crippen molar-refractivity contribution in [1.82, 2.24) is 10.2 Å². The zero-order chi connectivity index (χ0) is 17.7. The third-order valence-corrected chi connectivity index (χ3v) is 3.53. The third kappa shape index (κ3) is 3.99. The van der Waals surface area contributed by atoms with Gasteiger partial charge in [-0.3, -0.25) is 14.5 Å². The Kier molecular flexibility index (Phi) is 5.69. The molecule has 1 saturated heterocycles. The Morgan fingerprint density at radius 3 is 2.79 bits per heavy atom. The number of anilines is 1. The second-order valence-corrected chi connectivity index (χ2v) is 5.16. The van der Waals surface area contributed by atoms with Gasteiger partial charge in [-0.15, -0.1) is 0 Å². The fraction of sp³-hybridized carbons (Fsp3) is 0.400. The second kappa shape index (κ2) is 7.73. The standard InChI is InChI=1S/C15H18FN3O5/c1-24-7-6-18(9-13(20)21)14(22)11-8-10(2-3-12(11)16)19-5-4-17-15(19)23/h2-3,8H,4-7,9H2,1H3,(H,17,23)(H,20,21). The van der Waals surface area contributed by atoms with E-state index in [1.165, 1.54) is 24.1 Å². The number of urea groups is 1. The van der Waals surface area contributed by atoms with Crippen LogP contribution < -0.4 is 10.2 Å². The van der Waals surface area contributed by atoms with Crippen molar-refractivity contribution in [2.75, 3.05) is 44.8 Å². The van der Waals surface area contributed by atoms with Crippen molar-refractivity contribution in [2.45, 2.75) is 0 Å². The number of carboxylic acid groups (broad SMARTS) is 1. The fourth-order valence-electron chi connectivity index (χ4n) is 2.35. The number of aliphatic carboxylic acids is 1. The number of benzene rings is 1. The maximum atomic E-state index is 14.1. The zero-order valence-electron chi connectivity index (χ0n) is 13.1. The van der Waals surface area contributed by atoms with Gasteiger partial charge in [0, 0.05) is 32.4 Å². The number of ether oxygens (including phenoxy) is 1. The normalized spacial score (nSPS) is 13.8. The first-order valence-corrected chi connectivity index (χ1v) is 7.29. The van der Waals surface area contributed by atoms with Crippen molar-refractivity contribution < 1.29 is 28.6 Å². The lowest BCUT2D eigenvalue weighted by atomic mass is 10.1. The highest BCUT2D eigenvalue weighted by Gasteiger charge is 2.25. The highest BCUT2D eigenvalue weighted by atomic mass is 19.1. The van der Waals surface area contributed by atoms with Crippen molar-refractivity contribution in [1.29, 1.82) is 0 Å². The Hall–Kier alpha value is -2.68. The van der Waals surface area contributed by atoms with Gasteiger partial charge in [-0.1, -0.05) is 0 Å². The van der Waals surface area contributed by atoms with E-state index in [0.717, 1.165) is 11.0 Å². The molecular weight excluding hydrogens is 321 g/mol. The van der Waals surface area contributed by atoms with E-state index in [-0.39, 0.29) is 24.7 Å². The number of carbonyl (C=O) groups is 3. The molecule has 0 aliphatic carbocycles. The van der Waals surface area contributed by atoms with Gasteiger partial charge in [-0.2, -0.15) is 0 Å². The van der Waals surface area contributed by atoms with Gasteiger partial charge in [0.15, 0.2) is 0 Å². The molecule has 8 nitrogen and oxygen atoms in total. The number of hydrogen-bond acceptors (Lipinski definition) is 4. The van der Waals surface area contributed by atoms with Crippen LogP contribution in [0.1, 0.15) is 10.4 Å². The molecule has 1 aromatic carbocycles. The Labute approximate surface area is 137 Å². The molecule has 1 aromatic rings. The molecule has 0 radical (unpaired) electrons. The molecule has 1 aliphatic rings. The molecule has 1 aliphatic heterocycles. The summed E-state index contributed by atoms with van der Waals surface area (Å²) in [6.45, 7) is 0.416. The summed E-state index contributed by atoms with van der Waals surface area (Å²) in [5, 5.41) is 11.5. The zero-order valence-corrected chi connectivity index (χ0v) is 13.1. The van der Waals surface area contributed by atoms with E-state index in [1.54, 1.807) is 0 Å². The van der Waals surface area contributed by atoms with Gasteiger partial charge >= 0.3 is 12.0 Å². The molecule has 0 atom stereocenters. The number of rotatable bonds is 7. The van der Waals surface area contributed by atoms with Crippen LogP contribution in [0, 0.1) is 5.82 Å². The van der Waals surface area contributed by atoms with E-state index in [2.05, 4.69) is 5.32 Å². The number of nitrogens with zero attached hydrogens (tertiary/aromatic N) is 2. The smallest absolute Gasteiger partial charge is 0.323 e. The Morgan fingerprint density at radius 2 is 2.21 bits per heavy atom. The predicted octanol–water partition coefficient (Wildman–Crippen LogP) is 0.528. The molecule has 0 unspecified atom stereocenters. The van der Waals surface area contributed by atoms with Crippen LogP contribution in [0.2, 0.25) is 0 Å². The van der Waals surface area contributed by atoms with Crippen molar-refractivity contribution in [3.8, 4) is 0 Å². The summed E-state index contributed by atoms with van der Waals surface area (Å²) in [5.74, 6) is -2.76. The molecule has 0 spiro atoms. The minimum atomic E-state index is -1.21. The molecule has 1 heterocycles. The molecule has 0 aromatic heterocycles. The van der Waals surface area contributed by atoms with Gasteiger partial charge in [0.2, 0.25) is 0 Å². The lowest BCUT2D eigenvalue weighted by Crippen LogP contribution is -2.38. The minimum Gasteiger partial charge on any atom is -0.480 e. The van der Waals surface area contributed by atoms with Gasteiger partial charge in [0.25, 0.3) is 5.91 Å². The van der Waals surface area contributed by atoms with Crippen LogP contribution in [0.3, 0.4) is 0 Å². The van der Waals surface area contributed by atoms with E-state index >= 15 is 0 Å². The predicted molar refractivity (Wildman–Crippen MR) is 82.6 cm³/mol. The Morgan fingerprint density at radius 1 is 1.46 bits per heavy atom. The first-order valence-electron chi connectivity index (χ1n) is 7.29. The van der Waals surface area contributed by atoms with Crippen LogP contribution in [-0.4, -0.2) is 67.8 Å². The third-order valence-electron chi connectivity index (χ3n) is 3.53. The Balaban J connectivity index is 2.28. The summed E-state index contributed by atoms with van der Waals surface area (Å²) >= 11 is 0. The van der Waals surface area contributed by atoms with Gasteiger partial charge < -0.3 is 20.1 Å².